The molecule has 0 spiro atoms. The van der Waals surface area contributed by atoms with E-state index in [2.05, 4.69) is 46.2 Å². The maximum Gasteiger partial charge on any atom is 0.246 e. The highest BCUT2D eigenvalue weighted by atomic mass is 16.5. The highest BCUT2D eigenvalue weighted by Crippen LogP contribution is 2.33. The Hall–Kier alpha value is -2.82. The fourth-order valence-electron chi connectivity index (χ4n) is 3.38. The summed E-state index contributed by atoms with van der Waals surface area (Å²) >= 11 is 0. The standard InChI is InChI=1S/C20H21N3O2/c1-3-24-18-11-7-5-9-16(18)20-21-19(25-22-20)13-23-14(2)12-15-8-4-6-10-17(15)23/h4-11,14H,3,12-13H2,1-2H3/t14-/m0/s1. The Morgan fingerprint density at radius 1 is 1.16 bits per heavy atom. The molecule has 0 unspecified atom stereocenters. The average Bonchev–Trinajstić information content (AvgIpc) is 3.21. The number of rotatable bonds is 5. The van der Waals surface area contributed by atoms with E-state index in [4.69, 9.17) is 9.26 Å². The van der Waals surface area contributed by atoms with Crippen LogP contribution in [0.15, 0.2) is 53.1 Å². The van der Waals surface area contributed by atoms with E-state index in [9.17, 15) is 0 Å². The number of benzene rings is 2. The molecular weight excluding hydrogens is 314 g/mol. The van der Waals surface area contributed by atoms with Crippen molar-refractivity contribution in [2.45, 2.75) is 32.9 Å². The summed E-state index contributed by atoms with van der Waals surface area (Å²) in [6.45, 7) is 5.40. The van der Waals surface area contributed by atoms with E-state index in [1.54, 1.807) is 0 Å². The van der Waals surface area contributed by atoms with E-state index in [1.165, 1.54) is 11.3 Å². The molecule has 1 aliphatic heterocycles. The van der Waals surface area contributed by atoms with Crippen molar-refractivity contribution in [2.75, 3.05) is 11.5 Å². The molecule has 0 N–H and O–H groups in total. The SMILES string of the molecule is CCOc1ccccc1-c1noc(CN2c3ccccc3C[C@@H]2C)n1. The van der Waals surface area contributed by atoms with Gasteiger partial charge in [-0.15, -0.1) is 0 Å². The second-order valence-electron chi connectivity index (χ2n) is 6.25. The zero-order valence-corrected chi connectivity index (χ0v) is 14.5. The van der Waals surface area contributed by atoms with Gasteiger partial charge in [-0.05, 0) is 44.0 Å². The van der Waals surface area contributed by atoms with Crippen molar-refractivity contribution >= 4 is 5.69 Å². The average molecular weight is 335 g/mol. The highest BCUT2D eigenvalue weighted by molar-refractivity contribution is 5.63. The van der Waals surface area contributed by atoms with E-state index >= 15 is 0 Å². The second kappa shape index (κ2) is 6.59. The lowest BCUT2D eigenvalue weighted by Crippen LogP contribution is -2.28. The number of para-hydroxylation sites is 2. The second-order valence-corrected chi connectivity index (χ2v) is 6.25. The molecule has 0 saturated carbocycles. The number of hydrogen-bond donors (Lipinski definition) is 0. The van der Waals surface area contributed by atoms with Gasteiger partial charge in [-0.3, -0.25) is 0 Å². The summed E-state index contributed by atoms with van der Waals surface area (Å²) in [4.78, 5) is 6.92. The van der Waals surface area contributed by atoms with E-state index in [-0.39, 0.29) is 0 Å². The molecule has 2 aromatic carbocycles. The van der Waals surface area contributed by atoms with Crippen LogP contribution in [-0.4, -0.2) is 22.8 Å². The molecule has 1 aliphatic rings. The molecule has 1 aromatic heterocycles. The van der Waals surface area contributed by atoms with Gasteiger partial charge in [0.25, 0.3) is 0 Å². The van der Waals surface area contributed by atoms with Crippen molar-refractivity contribution in [3.8, 4) is 17.1 Å². The first-order chi connectivity index (χ1) is 12.3. The summed E-state index contributed by atoms with van der Waals surface area (Å²) in [5, 5.41) is 4.16. The first-order valence-corrected chi connectivity index (χ1v) is 8.65. The van der Waals surface area contributed by atoms with Crippen LogP contribution in [0.4, 0.5) is 5.69 Å². The zero-order chi connectivity index (χ0) is 17.2. The first-order valence-electron chi connectivity index (χ1n) is 8.65. The van der Waals surface area contributed by atoms with Gasteiger partial charge in [0.1, 0.15) is 5.75 Å². The maximum atomic E-state index is 5.67. The minimum atomic E-state index is 0.420. The molecule has 5 nitrogen and oxygen atoms in total. The van der Waals surface area contributed by atoms with Crippen LogP contribution in [0, 0.1) is 0 Å². The van der Waals surface area contributed by atoms with Crippen molar-refractivity contribution in [3.05, 3.63) is 60.0 Å². The van der Waals surface area contributed by atoms with Crippen molar-refractivity contribution < 1.29 is 9.26 Å². The van der Waals surface area contributed by atoms with Gasteiger partial charge in [-0.1, -0.05) is 35.5 Å². The number of ether oxygens (including phenoxy) is 1. The Kier molecular flexibility index (Phi) is 4.14. The summed E-state index contributed by atoms with van der Waals surface area (Å²) in [5.41, 5.74) is 3.48. The minimum Gasteiger partial charge on any atom is -0.493 e. The molecule has 0 radical (unpaired) electrons. The lowest BCUT2D eigenvalue weighted by molar-refractivity contribution is 0.340. The van der Waals surface area contributed by atoms with E-state index in [1.807, 2.05) is 31.2 Å². The summed E-state index contributed by atoms with van der Waals surface area (Å²) in [5.74, 6) is 1.96. The van der Waals surface area contributed by atoms with E-state index in [0.29, 0.717) is 30.9 Å². The van der Waals surface area contributed by atoms with Crippen LogP contribution >= 0.6 is 0 Å². The van der Waals surface area contributed by atoms with Crippen molar-refractivity contribution in [1.29, 1.82) is 0 Å². The van der Waals surface area contributed by atoms with E-state index in [0.717, 1.165) is 17.7 Å². The number of hydrogen-bond acceptors (Lipinski definition) is 5. The lowest BCUT2D eigenvalue weighted by atomic mass is 10.1. The monoisotopic (exact) mass is 335 g/mol. The third-order valence-corrected chi connectivity index (χ3v) is 4.55. The van der Waals surface area contributed by atoms with Gasteiger partial charge in [0.2, 0.25) is 11.7 Å². The van der Waals surface area contributed by atoms with E-state index < -0.39 is 0 Å². The third-order valence-electron chi connectivity index (χ3n) is 4.55. The number of nitrogens with zero attached hydrogens (tertiary/aromatic N) is 3. The molecule has 0 bridgehead atoms. The lowest BCUT2D eigenvalue weighted by Gasteiger charge is -2.22. The smallest absolute Gasteiger partial charge is 0.246 e. The van der Waals surface area contributed by atoms with Crippen LogP contribution in [0.1, 0.15) is 25.3 Å². The zero-order valence-electron chi connectivity index (χ0n) is 14.5. The predicted molar refractivity (Wildman–Crippen MR) is 96.7 cm³/mol. The number of anilines is 1. The molecule has 0 amide bonds. The minimum absolute atomic E-state index is 0.420. The highest BCUT2D eigenvalue weighted by Gasteiger charge is 2.27. The van der Waals surface area contributed by atoms with Crippen molar-refractivity contribution in [1.82, 2.24) is 10.1 Å². The van der Waals surface area contributed by atoms with Crippen molar-refractivity contribution in [3.63, 3.8) is 0 Å². The molecule has 0 fully saturated rings. The number of aromatic nitrogens is 2. The van der Waals surface area contributed by atoms with Crippen LogP contribution in [0.3, 0.4) is 0 Å². The third kappa shape index (κ3) is 2.97. The van der Waals surface area contributed by atoms with Gasteiger partial charge in [-0.25, -0.2) is 0 Å². The Labute approximate surface area is 147 Å². The molecule has 3 aromatic rings. The molecule has 128 valence electrons. The van der Waals surface area contributed by atoms with Crippen LogP contribution in [0.2, 0.25) is 0 Å². The Balaban J connectivity index is 1.59. The fourth-order valence-corrected chi connectivity index (χ4v) is 3.38. The maximum absolute atomic E-state index is 5.67. The summed E-state index contributed by atoms with van der Waals surface area (Å²) < 4.78 is 11.2. The van der Waals surface area contributed by atoms with Gasteiger partial charge in [0.15, 0.2) is 0 Å². The molecular formula is C20H21N3O2. The Morgan fingerprint density at radius 3 is 2.84 bits per heavy atom. The molecule has 0 aliphatic carbocycles. The molecule has 4 rings (SSSR count). The number of fused-ring (bicyclic) bond motifs is 1. The van der Waals surface area contributed by atoms with Crippen LogP contribution in [0.5, 0.6) is 5.75 Å². The van der Waals surface area contributed by atoms with Gasteiger partial charge in [0.05, 0.1) is 18.7 Å². The summed E-state index contributed by atoms with van der Waals surface area (Å²) in [6.07, 6.45) is 1.05. The quantitative estimate of drug-likeness (QED) is 0.703. The normalized spacial score (nSPS) is 16.1. The van der Waals surface area contributed by atoms with Gasteiger partial charge in [0, 0.05) is 11.7 Å². The van der Waals surface area contributed by atoms with Crippen LogP contribution < -0.4 is 9.64 Å². The van der Waals surface area contributed by atoms with Crippen LogP contribution in [-0.2, 0) is 13.0 Å². The molecule has 5 heteroatoms. The topological polar surface area (TPSA) is 51.4 Å². The Morgan fingerprint density at radius 2 is 1.96 bits per heavy atom. The summed E-state index contributed by atoms with van der Waals surface area (Å²) in [6, 6.07) is 16.7. The summed E-state index contributed by atoms with van der Waals surface area (Å²) in [7, 11) is 0. The van der Waals surface area contributed by atoms with Gasteiger partial charge >= 0.3 is 0 Å². The van der Waals surface area contributed by atoms with Gasteiger partial charge < -0.3 is 14.2 Å². The molecule has 25 heavy (non-hydrogen) atoms. The molecule has 0 saturated heterocycles. The fraction of sp³-hybridized carbons (Fsp3) is 0.300. The molecule has 2 heterocycles. The van der Waals surface area contributed by atoms with Crippen molar-refractivity contribution in [2.24, 2.45) is 0 Å². The largest absolute Gasteiger partial charge is 0.493 e. The predicted octanol–water partition coefficient (Wildman–Crippen LogP) is 4.09. The van der Waals surface area contributed by atoms with Crippen LogP contribution in [0.25, 0.3) is 11.4 Å². The Bertz CT molecular complexity index is 875. The molecule has 1 atom stereocenters. The first kappa shape index (κ1) is 15.7. The van der Waals surface area contributed by atoms with Gasteiger partial charge in [-0.2, -0.15) is 4.98 Å².